The number of cyclic esters (lactones) is 1. The summed E-state index contributed by atoms with van der Waals surface area (Å²) in [5, 5.41) is 0. The lowest BCUT2D eigenvalue weighted by Gasteiger charge is -2.12. The van der Waals surface area contributed by atoms with Gasteiger partial charge in [0.25, 0.3) is 0 Å². The second-order valence-corrected chi connectivity index (χ2v) is 6.49. The van der Waals surface area contributed by atoms with E-state index < -0.39 is 5.97 Å². The second kappa shape index (κ2) is 8.68. The largest absolute Gasteiger partial charge is 0.493 e. The molecule has 0 aromatic heterocycles. The zero-order valence-corrected chi connectivity index (χ0v) is 17.0. The van der Waals surface area contributed by atoms with Gasteiger partial charge in [-0.2, -0.15) is 0 Å². The highest BCUT2D eigenvalue weighted by Gasteiger charge is 2.24. The van der Waals surface area contributed by atoms with Crippen LogP contribution in [-0.4, -0.2) is 39.3 Å². The highest BCUT2D eigenvalue weighted by atomic mass is 16.6. The molecule has 29 heavy (non-hydrogen) atoms. The quantitative estimate of drug-likeness (QED) is 0.522. The summed E-state index contributed by atoms with van der Waals surface area (Å²) in [5.74, 6) is 1.88. The highest BCUT2D eigenvalue weighted by Crippen LogP contribution is 2.39. The zero-order chi connectivity index (χ0) is 21.0. The van der Waals surface area contributed by atoms with Crippen molar-refractivity contribution in [1.29, 1.82) is 0 Å². The first-order valence-electron chi connectivity index (χ1n) is 9.04. The third kappa shape index (κ3) is 4.51. The smallest absolute Gasteiger partial charge is 0.363 e. The Kier molecular flexibility index (Phi) is 6.07. The molecule has 0 N–H and O–H groups in total. The Morgan fingerprint density at radius 3 is 2.10 bits per heavy atom. The van der Waals surface area contributed by atoms with Crippen LogP contribution in [0.2, 0.25) is 0 Å². The molecule has 2 aromatic carbocycles. The van der Waals surface area contributed by atoms with Crippen LogP contribution in [0.1, 0.15) is 25.0 Å². The summed E-state index contributed by atoms with van der Waals surface area (Å²) in [6, 6.07) is 10.7. The van der Waals surface area contributed by atoms with Crippen LogP contribution in [0.15, 0.2) is 47.1 Å². The van der Waals surface area contributed by atoms with Crippen LogP contribution in [0.4, 0.5) is 0 Å². The van der Waals surface area contributed by atoms with Gasteiger partial charge in [0, 0.05) is 5.56 Å². The van der Waals surface area contributed by atoms with Gasteiger partial charge in [0.15, 0.2) is 17.2 Å². The predicted molar refractivity (Wildman–Crippen MR) is 109 cm³/mol. The Balaban J connectivity index is 1.90. The summed E-state index contributed by atoms with van der Waals surface area (Å²) >= 11 is 0. The van der Waals surface area contributed by atoms with E-state index >= 15 is 0 Å². The van der Waals surface area contributed by atoms with Crippen molar-refractivity contribution in [3.63, 3.8) is 0 Å². The van der Waals surface area contributed by atoms with Crippen molar-refractivity contribution in [2.45, 2.75) is 20.0 Å². The van der Waals surface area contributed by atoms with Crippen LogP contribution < -0.4 is 18.9 Å². The van der Waals surface area contributed by atoms with E-state index in [4.69, 9.17) is 23.7 Å². The second-order valence-electron chi connectivity index (χ2n) is 6.49. The molecule has 0 saturated heterocycles. The molecule has 0 aliphatic carbocycles. The Labute approximate surface area is 169 Å². The van der Waals surface area contributed by atoms with E-state index in [0.29, 0.717) is 28.4 Å². The van der Waals surface area contributed by atoms with Crippen LogP contribution in [0.3, 0.4) is 0 Å². The minimum absolute atomic E-state index is 0.0792. The predicted octanol–water partition coefficient (Wildman–Crippen LogP) is 3.84. The monoisotopic (exact) mass is 397 g/mol. The van der Waals surface area contributed by atoms with Crippen molar-refractivity contribution in [1.82, 2.24) is 0 Å². The lowest BCUT2D eigenvalue weighted by molar-refractivity contribution is -0.129. The van der Waals surface area contributed by atoms with E-state index in [2.05, 4.69) is 4.99 Å². The topological polar surface area (TPSA) is 75.6 Å². The maximum absolute atomic E-state index is 12.3. The van der Waals surface area contributed by atoms with E-state index in [1.165, 1.54) is 21.3 Å². The average molecular weight is 397 g/mol. The maximum Gasteiger partial charge on any atom is 0.363 e. The minimum atomic E-state index is -0.531. The summed E-state index contributed by atoms with van der Waals surface area (Å²) in [4.78, 5) is 16.6. The first-order valence-corrected chi connectivity index (χ1v) is 9.04. The molecule has 0 fully saturated rings. The Morgan fingerprint density at radius 1 is 0.966 bits per heavy atom. The summed E-state index contributed by atoms with van der Waals surface area (Å²) in [7, 11) is 4.59. The number of methoxy groups -OCH3 is 3. The van der Waals surface area contributed by atoms with Crippen molar-refractivity contribution in [2.24, 2.45) is 4.99 Å². The summed E-state index contributed by atoms with van der Waals surface area (Å²) in [6.07, 6.45) is 1.69. The molecule has 0 atom stereocenters. The third-order valence-corrected chi connectivity index (χ3v) is 4.08. The number of carbonyl (C=O) groups is 1. The van der Waals surface area contributed by atoms with Gasteiger partial charge in [0.2, 0.25) is 11.6 Å². The van der Waals surface area contributed by atoms with E-state index in [0.717, 1.165) is 5.75 Å². The van der Waals surface area contributed by atoms with Gasteiger partial charge in [0.1, 0.15) is 5.75 Å². The molecule has 1 aliphatic heterocycles. The van der Waals surface area contributed by atoms with Crippen molar-refractivity contribution in [3.05, 3.63) is 53.2 Å². The molecule has 0 spiro atoms. The number of hydrogen-bond acceptors (Lipinski definition) is 7. The van der Waals surface area contributed by atoms with Gasteiger partial charge in [-0.3, -0.25) is 0 Å². The number of rotatable bonds is 7. The van der Waals surface area contributed by atoms with Crippen molar-refractivity contribution < 1.29 is 28.5 Å². The fourth-order valence-electron chi connectivity index (χ4n) is 2.82. The highest BCUT2D eigenvalue weighted by molar-refractivity contribution is 6.12. The number of hydrogen-bond donors (Lipinski definition) is 0. The fraction of sp³-hybridized carbons (Fsp3) is 0.273. The van der Waals surface area contributed by atoms with E-state index in [1.807, 2.05) is 26.0 Å². The Hall–Kier alpha value is -3.48. The van der Waals surface area contributed by atoms with Gasteiger partial charge in [-0.15, -0.1) is 0 Å². The lowest BCUT2D eigenvalue weighted by atomic mass is 10.1. The zero-order valence-electron chi connectivity index (χ0n) is 17.0. The van der Waals surface area contributed by atoms with Gasteiger partial charge >= 0.3 is 5.97 Å². The molecule has 7 nitrogen and oxygen atoms in total. The van der Waals surface area contributed by atoms with Gasteiger partial charge in [-0.25, -0.2) is 9.79 Å². The number of carbonyl (C=O) groups excluding carboxylic acids is 1. The minimum Gasteiger partial charge on any atom is -0.493 e. The molecule has 0 radical (unpaired) electrons. The molecule has 0 saturated carbocycles. The number of nitrogens with zero attached hydrogens (tertiary/aromatic N) is 1. The van der Waals surface area contributed by atoms with E-state index in [9.17, 15) is 4.79 Å². The molecule has 0 amide bonds. The summed E-state index contributed by atoms with van der Waals surface area (Å²) in [6.45, 7) is 3.91. The Bertz CT molecular complexity index is 935. The summed E-state index contributed by atoms with van der Waals surface area (Å²) < 4.78 is 26.9. The normalized spacial score (nSPS) is 14.6. The molecule has 1 aliphatic rings. The number of aliphatic imine (C=N–C) groups is 1. The first kappa shape index (κ1) is 20.3. The van der Waals surface area contributed by atoms with Crippen LogP contribution >= 0.6 is 0 Å². The number of benzene rings is 2. The van der Waals surface area contributed by atoms with Crippen LogP contribution in [-0.2, 0) is 9.53 Å². The van der Waals surface area contributed by atoms with Gasteiger partial charge < -0.3 is 23.7 Å². The standard InChI is InChI=1S/C22H23NO6/c1-13(2)28-16-8-6-15(7-9-16)21-23-17(22(24)29-21)10-14-11-18(25-3)20(27-5)19(12-14)26-4/h6-13H,1-5H3. The van der Waals surface area contributed by atoms with Gasteiger partial charge in [-0.1, -0.05) is 0 Å². The molecule has 7 heteroatoms. The van der Waals surface area contributed by atoms with E-state index in [1.54, 1.807) is 30.3 Å². The van der Waals surface area contributed by atoms with Crippen molar-refractivity contribution in [3.8, 4) is 23.0 Å². The van der Waals surface area contributed by atoms with Crippen LogP contribution in [0.5, 0.6) is 23.0 Å². The van der Waals surface area contributed by atoms with Crippen molar-refractivity contribution in [2.75, 3.05) is 21.3 Å². The molecule has 0 unspecified atom stereocenters. The SMILES string of the molecule is COc1cc(C=C2N=C(c3ccc(OC(C)C)cc3)OC2=O)cc(OC)c1OC. The third-order valence-electron chi connectivity index (χ3n) is 4.08. The van der Waals surface area contributed by atoms with Gasteiger partial charge in [-0.05, 0) is 61.9 Å². The molecule has 152 valence electrons. The van der Waals surface area contributed by atoms with Gasteiger partial charge in [0.05, 0.1) is 27.4 Å². The van der Waals surface area contributed by atoms with Crippen LogP contribution in [0, 0.1) is 0 Å². The molecule has 1 heterocycles. The molecule has 3 rings (SSSR count). The number of ether oxygens (including phenoxy) is 5. The lowest BCUT2D eigenvalue weighted by Crippen LogP contribution is -2.07. The summed E-state index contributed by atoms with van der Waals surface area (Å²) in [5.41, 5.74) is 1.52. The molecule has 0 bridgehead atoms. The van der Waals surface area contributed by atoms with E-state index in [-0.39, 0.29) is 17.7 Å². The molecule has 2 aromatic rings. The molecular weight excluding hydrogens is 374 g/mol. The maximum atomic E-state index is 12.3. The number of esters is 1. The molecular formula is C22H23NO6. The first-order chi connectivity index (χ1) is 13.9. The van der Waals surface area contributed by atoms with Crippen LogP contribution in [0.25, 0.3) is 6.08 Å². The van der Waals surface area contributed by atoms with Crippen molar-refractivity contribution >= 4 is 17.9 Å². The fourth-order valence-corrected chi connectivity index (χ4v) is 2.82. The average Bonchev–Trinajstić information content (AvgIpc) is 3.07. The Morgan fingerprint density at radius 2 is 1.59 bits per heavy atom.